The number of nitro benzene ring substituents is 1. The van der Waals surface area contributed by atoms with Gasteiger partial charge in [-0.2, -0.15) is 11.8 Å². The van der Waals surface area contributed by atoms with Crippen molar-refractivity contribution in [1.82, 2.24) is 0 Å². The first-order valence-electron chi connectivity index (χ1n) is 5.32. The van der Waals surface area contributed by atoms with Crippen LogP contribution in [0, 0.1) is 10.1 Å². The van der Waals surface area contributed by atoms with Crippen molar-refractivity contribution in [3.05, 3.63) is 33.9 Å². The number of non-ortho nitro benzene ring substituents is 1. The van der Waals surface area contributed by atoms with Gasteiger partial charge in [0.25, 0.3) is 5.69 Å². The molecule has 0 aliphatic heterocycles. The summed E-state index contributed by atoms with van der Waals surface area (Å²) in [6.07, 6.45) is 0. The van der Waals surface area contributed by atoms with Gasteiger partial charge in [0, 0.05) is 17.6 Å². The van der Waals surface area contributed by atoms with E-state index in [1.54, 1.807) is 6.07 Å². The second-order valence-corrected chi connectivity index (χ2v) is 4.79. The fraction of sp³-hybridized carbons (Fsp3) is 0.364. The highest BCUT2D eigenvalue weighted by molar-refractivity contribution is 7.98. The van der Waals surface area contributed by atoms with E-state index in [1.165, 1.54) is 31.0 Å². The molecule has 0 aliphatic rings. The van der Waals surface area contributed by atoms with Gasteiger partial charge in [-0.15, -0.1) is 0 Å². The number of carbonyl (C=O) groups is 1. The lowest BCUT2D eigenvalue weighted by molar-refractivity contribution is -0.385. The highest BCUT2D eigenvalue weighted by Crippen LogP contribution is 2.25. The molecule has 0 heterocycles. The Labute approximate surface area is 113 Å². The normalized spacial score (nSPS) is 11.9. The second-order valence-electron chi connectivity index (χ2n) is 3.76. The number of nitrogens with two attached hydrogens (primary N) is 1. The van der Waals surface area contributed by atoms with Crippen molar-refractivity contribution in [2.45, 2.75) is 11.8 Å². The van der Waals surface area contributed by atoms with E-state index in [0.717, 1.165) is 0 Å². The molecule has 1 aromatic rings. The first-order chi connectivity index (χ1) is 8.93. The van der Waals surface area contributed by atoms with Crippen molar-refractivity contribution >= 4 is 23.4 Å². The molecule has 0 amide bonds. The van der Waals surface area contributed by atoms with Crippen LogP contribution >= 0.6 is 11.8 Å². The molecule has 1 rings (SSSR count). The molecular formula is C11H14N2O5S. The van der Waals surface area contributed by atoms with Gasteiger partial charge in [-0.25, -0.2) is 0 Å². The molecule has 0 fully saturated rings. The maximum atomic E-state index is 10.7. The van der Waals surface area contributed by atoms with Gasteiger partial charge in [0.15, 0.2) is 0 Å². The zero-order chi connectivity index (χ0) is 14.4. The van der Waals surface area contributed by atoms with Crippen molar-refractivity contribution in [3.63, 3.8) is 0 Å². The number of ether oxygens (including phenoxy) is 1. The molecule has 0 spiro atoms. The van der Waals surface area contributed by atoms with Crippen molar-refractivity contribution in [2.24, 2.45) is 5.73 Å². The Hall–Kier alpha value is -1.80. The standard InChI is InChI=1S/C11H14N2O5S/c1-18-9-3-7(2-8(4-9)13(16)17)5-19-6-10(12)11(14)15/h2-4,10H,5-6,12H2,1H3,(H,14,15)/t10-/m1/s1. The fourth-order valence-electron chi connectivity index (χ4n) is 1.33. The minimum atomic E-state index is -1.07. The van der Waals surface area contributed by atoms with Crippen molar-refractivity contribution in [1.29, 1.82) is 0 Å². The molecule has 104 valence electrons. The Kier molecular flexibility index (Phi) is 5.58. The quantitative estimate of drug-likeness (QED) is 0.572. The third-order valence-corrected chi connectivity index (χ3v) is 3.41. The van der Waals surface area contributed by atoms with Crippen molar-refractivity contribution in [3.8, 4) is 5.75 Å². The minimum Gasteiger partial charge on any atom is -0.496 e. The molecule has 7 nitrogen and oxygen atoms in total. The lowest BCUT2D eigenvalue weighted by Gasteiger charge is -2.07. The summed E-state index contributed by atoms with van der Waals surface area (Å²) in [6, 6.07) is 3.50. The summed E-state index contributed by atoms with van der Waals surface area (Å²) < 4.78 is 4.98. The van der Waals surface area contributed by atoms with E-state index in [2.05, 4.69) is 0 Å². The number of carboxylic acids is 1. The van der Waals surface area contributed by atoms with Crippen LogP contribution in [0.5, 0.6) is 5.75 Å². The molecule has 0 bridgehead atoms. The van der Waals surface area contributed by atoms with Gasteiger partial charge in [0.1, 0.15) is 11.8 Å². The van der Waals surface area contributed by atoms with E-state index in [4.69, 9.17) is 15.6 Å². The second kappa shape index (κ2) is 6.95. The molecule has 1 atom stereocenters. The zero-order valence-corrected chi connectivity index (χ0v) is 11.1. The monoisotopic (exact) mass is 286 g/mol. The van der Waals surface area contributed by atoms with Crippen LogP contribution in [0.15, 0.2) is 18.2 Å². The highest BCUT2D eigenvalue weighted by atomic mass is 32.2. The van der Waals surface area contributed by atoms with E-state index in [9.17, 15) is 14.9 Å². The summed E-state index contributed by atoms with van der Waals surface area (Å²) >= 11 is 1.30. The number of aliphatic carboxylic acids is 1. The Balaban J connectivity index is 2.70. The summed E-state index contributed by atoms with van der Waals surface area (Å²) in [5.74, 6) is -0.00392. The van der Waals surface area contributed by atoms with Crippen LogP contribution in [-0.2, 0) is 10.5 Å². The molecule has 1 aromatic carbocycles. The number of hydrogen-bond donors (Lipinski definition) is 2. The van der Waals surface area contributed by atoms with Crippen LogP contribution in [0.25, 0.3) is 0 Å². The number of benzene rings is 1. The van der Waals surface area contributed by atoms with Crippen LogP contribution in [-0.4, -0.2) is 34.9 Å². The lowest BCUT2D eigenvalue weighted by Crippen LogP contribution is -2.32. The summed E-state index contributed by atoms with van der Waals surface area (Å²) in [5.41, 5.74) is 5.99. The topological polar surface area (TPSA) is 116 Å². The Bertz CT molecular complexity index is 480. The largest absolute Gasteiger partial charge is 0.496 e. The Morgan fingerprint density at radius 2 is 2.26 bits per heavy atom. The van der Waals surface area contributed by atoms with Crippen LogP contribution in [0.3, 0.4) is 0 Å². The predicted octanol–water partition coefficient (Wildman–Crippen LogP) is 1.25. The van der Waals surface area contributed by atoms with E-state index in [1.807, 2.05) is 0 Å². The number of nitro groups is 1. The molecule has 0 radical (unpaired) electrons. The van der Waals surface area contributed by atoms with E-state index in [0.29, 0.717) is 17.1 Å². The average molecular weight is 286 g/mol. The lowest BCUT2D eigenvalue weighted by atomic mass is 10.2. The number of hydrogen-bond acceptors (Lipinski definition) is 6. The fourth-order valence-corrected chi connectivity index (χ4v) is 2.24. The van der Waals surface area contributed by atoms with E-state index in [-0.39, 0.29) is 11.4 Å². The maximum absolute atomic E-state index is 10.7. The maximum Gasteiger partial charge on any atom is 0.321 e. The van der Waals surface area contributed by atoms with Gasteiger partial charge >= 0.3 is 5.97 Å². The molecule has 0 saturated heterocycles. The van der Waals surface area contributed by atoms with Gasteiger partial charge in [0.05, 0.1) is 18.1 Å². The number of nitrogens with zero attached hydrogens (tertiary/aromatic N) is 1. The van der Waals surface area contributed by atoms with Crippen LogP contribution < -0.4 is 10.5 Å². The summed E-state index contributed by atoms with van der Waals surface area (Å²) in [7, 11) is 1.43. The smallest absolute Gasteiger partial charge is 0.321 e. The van der Waals surface area contributed by atoms with Gasteiger partial charge in [-0.05, 0) is 11.6 Å². The third-order valence-electron chi connectivity index (χ3n) is 2.28. The Morgan fingerprint density at radius 3 is 2.79 bits per heavy atom. The van der Waals surface area contributed by atoms with Crippen LogP contribution in [0.4, 0.5) is 5.69 Å². The number of carboxylic acid groups (broad SMARTS) is 1. The van der Waals surface area contributed by atoms with Gasteiger partial charge in [-0.1, -0.05) is 0 Å². The Morgan fingerprint density at radius 1 is 1.58 bits per heavy atom. The van der Waals surface area contributed by atoms with E-state index < -0.39 is 16.9 Å². The third kappa shape index (κ3) is 4.76. The van der Waals surface area contributed by atoms with Gasteiger partial charge in [0.2, 0.25) is 0 Å². The molecule has 0 aromatic heterocycles. The SMILES string of the molecule is COc1cc(CSC[C@@H](N)C(=O)O)cc([N+](=O)[O-])c1. The van der Waals surface area contributed by atoms with Gasteiger partial charge < -0.3 is 15.6 Å². The number of methoxy groups -OCH3 is 1. The summed E-state index contributed by atoms with van der Waals surface area (Å²) in [6.45, 7) is 0. The zero-order valence-electron chi connectivity index (χ0n) is 10.2. The molecule has 19 heavy (non-hydrogen) atoms. The molecular weight excluding hydrogens is 272 g/mol. The predicted molar refractivity (Wildman–Crippen MR) is 71.4 cm³/mol. The highest BCUT2D eigenvalue weighted by Gasteiger charge is 2.13. The minimum absolute atomic E-state index is 0.0579. The van der Waals surface area contributed by atoms with Crippen molar-refractivity contribution < 1.29 is 19.6 Å². The average Bonchev–Trinajstić information content (AvgIpc) is 2.37. The molecule has 0 saturated carbocycles. The summed E-state index contributed by atoms with van der Waals surface area (Å²) in [4.78, 5) is 20.8. The van der Waals surface area contributed by atoms with E-state index >= 15 is 0 Å². The first kappa shape index (κ1) is 15.3. The van der Waals surface area contributed by atoms with Crippen LogP contribution in [0.2, 0.25) is 0 Å². The summed E-state index contributed by atoms with van der Waals surface area (Å²) in [5, 5.41) is 19.4. The van der Waals surface area contributed by atoms with Crippen molar-refractivity contribution in [2.75, 3.05) is 12.9 Å². The van der Waals surface area contributed by atoms with Gasteiger partial charge in [-0.3, -0.25) is 14.9 Å². The molecule has 0 unspecified atom stereocenters. The molecule has 8 heteroatoms. The first-order valence-corrected chi connectivity index (χ1v) is 6.48. The number of rotatable bonds is 7. The molecule has 3 N–H and O–H groups in total. The molecule has 0 aliphatic carbocycles. The van der Waals surface area contributed by atoms with Crippen LogP contribution in [0.1, 0.15) is 5.56 Å². The number of thioether (sulfide) groups is 1.